The molecule has 0 atom stereocenters. The molecule has 3 nitrogen and oxygen atoms in total. The van der Waals surface area contributed by atoms with E-state index < -0.39 is 0 Å². The van der Waals surface area contributed by atoms with Crippen LogP contribution in [-0.4, -0.2) is 4.57 Å². The van der Waals surface area contributed by atoms with Gasteiger partial charge >= 0.3 is 0 Å². The number of benzene rings is 9. The standard InChI is InChI=1S/C52H37N3/c1-5-17-38(18-6-1)40-29-32-45(33-30-40)53(42-21-7-2-8-22-42)47-36-50(54(43-23-9-3-10-24-43)44-25-11-4-12-26-44)52-48-27-15-16-28-49(48)55(51(52)37-47)46-34-31-39-19-13-14-20-41(39)35-46/h1-37H. The topological polar surface area (TPSA) is 11.4 Å². The molecule has 0 saturated heterocycles. The number of fused-ring (bicyclic) bond motifs is 4. The third-order valence-electron chi connectivity index (χ3n) is 10.5. The molecule has 10 rings (SSSR count). The van der Waals surface area contributed by atoms with Crippen LogP contribution in [-0.2, 0) is 0 Å². The fraction of sp³-hybridized carbons (Fsp3) is 0. The van der Waals surface area contributed by atoms with Crippen molar-refractivity contribution in [1.82, 2.24) is 4.57 Å². The van der Waals surface area contributed by atoms with Crippen molar-refractivity contribution in [3.63, 3.8) is 0 Å². The molecule has 0 radical (unpaired) electrons. The van der Waals surface area contributed by atoms with Crippen LogP contribution in [0.4, 0.5) is 34.1 Å². The summed E-state index contributed by atoms with van der Waals surface area (Å²) in [6.45, 7) is 0. The third kappa shape index (κ3) is 5.89. The monoisotopic (exact) mass is 703 g/mol. The summed E-state index contributed by atoms with van der Waals surface area (Å²) in [6.07, 6.45) is 0. The fourth-order valence-electron chi connectivity index (χ4n) is 8.00. The Morgan fingerprint density at radius 1 is 0.309 bits per heavy atom. The first-order valence-electron chi connectivity index (χ1n) is 18.8. The van der Waals surface area contributed by atoms with Gasteiger partial charge in [0, 0.05) is 39.2 Å². The first-order chi connectivity index (χ1) is 27.3. The molecule has 0 aliphatic heterocycles. The van der Waals surface area contributed by atoms with Crippen LogP contribution in [0.3, 0.4) is 0 Å². The Bertz CT molecular complexity index is 2860. The molecule has 0 N–H and O–H groups in total. The summed E-state index contributed by atoms with van der Waals surface area (Å²) >= 11 is 0. The van der Waals surface area contributed by atoms with E-state index in [0.29, 0.717) is 0 Å². The molecule has 0 aliphatic rings. The van der Waals surface area contributed by atoms with E-state index in [1.807, 2.05) is 0 Å². The molecule has 0 bridgehead atoms. The first kappa shape index (κ1) is 32.3. The van der Waals surface area contributed by atoms with Gasteiger partial charge in [0.1, 0.15) is 0 Å². The fourth-order valence-corrected chi connectivity index (χ4v) is 8.00. The highest BCUT2D eigenvalue weighted by Crippen LogP contribution is 2.48. The van der Waals surface area contributed by atoms with Crippen molar-refractivity contribution in [3.8, 4) is 16.8 Å². The highest BCUT2D eigenvalue weighted by Gasteiger charge is 2.25. The van der Waals surface area contributed by atoms with Gasteiger partial charge in [-0.05, 0) is 101 Å². The van der Waals surface area contributed by atoms with Gasteiger partial charge in [0.2, 0.25) is 0 Å². The van der Waals surface area contributed by atoms with E-state index in [1.54, 1.807) is 0 Å². The van der Waals surface area contributed by atoms with Crippen LogP contribution in [0.5, 0.6) is 0 Å². The lowest BCUT2D eigenvalue weighted by atomic mass is 10.0. The molecular weight excluding hydrogens is 667 g/mol. The number of anilines is 6. The smallest absolute Gasteiger partial charge is 0.0583 e. The Labute approximate surface area is 321 Å². The average molecular weight is 704 g/mol. The van der Waals surface area contributed by atoms with E-state index in [2.05, 4.69) is 239 Å². The maximum Gasteiger partial charge on any atom is 0.0583 e. The van der Waals surface area contributed by atoms with Crippen molar-refractivity contribution in [2.45, 2.75) is 0 Å². The van der Waals surface area contributed by atoms with Crippen LogP contribution >= 0.6 is 0 Å². The van der Waals surface area contributed by atoms with Gasteiger partial charge in [-0.3, -0.25) is 0 Å². The van der Waals surface area contributed by atoms with Crippen LogP contribution < -0.4 is 9.80 Å². The van der Waals surface area contributed by atoms with Crippen molar-refractivity contribution in [2.75, 3.05) is 9.80 Å². The van der Waals surface area contributed by atoms with Gasteiger partial charge in [-0.2, -0.15) is 0 Å². The molecular formula is C52H37N3. The summed E-state index contributed by atoms with van der Waals surface area (Å²) in [4.78, 5) is 4.79. The highest BCUT2D eigenvalue weighted by atomic mass is 15.2. The van der Waals surface area contributed by atoms with Crippen LogP contribution in [0.15, 0.2) is 224 Å². The summed E-state index contributed by atoms with van der Waals surface area (Å²) in [7, 11) is 0. The summed E-state index contributed by atoms with van der Waals surface area (Å²) in [5, 5.41) is 4.82. The minimum Gasteiger partial charge on any atom is -0.310 e. The Kier molecular flexibility index (Phi) is 8.16. The van der Waals surface area contributed by atoms with Crippen LogP contribution in [0.1, 0.15) is 0 Å². The molecule has 0 aliphatic carbocycles. The number of nitrogens with zero attached hydrogens (tertiary/aromatic N) is 3. The van der Waals surface area contributed by atoms with E-state index in [9.17, 15) is 0 Å². The van der Waals surface area contributed by atoms with Gasteiger partial charge in [-0.25, -0.2) is 0 Å². The first-order valence-corrected chi connectivity index (χ1v) is 18.8. The Hall–Kier alpha value is -7.36. The molecule has 0 fully saturated rings. The lowest BCUT2D eigenvalue weighted by Gasteiger charge is -2.30. The second kappa shape index (κ2) is 13.9. The lowest BCUT2D eigenvalue weighted by molar-refractivity contribution is 1.18. The maximum absolute atomic E-state index is 2.44. The number of hydrogen-bond donors (Lipinski definition) is 0. The number of rotatable bonds is 8. The van der Waals surface area contributed by atoms with Crippen molar-refractivity contribution in [3.05, 3.63) is 224 Å². The van der Waals surface area contributed by atoms with E-state index in [1.165, 1.54) is 32.7 Å². The summed E-state index contributed by atoms with van der Waals surface area (Å²) in [5.74, 6) is 0. The van der Waals surface area contributed by atoms with Gasteiger partial charge in [-0.15, -0.1) is 0 Å². The lowest BCUT2D eigenvalue weighted by Crippen LogP contribution is -2.14. The third-order valence-corrected chi connectivity index (χ3v) is 10.5. The molecule has 1 aromatic heterocycles. The average Bonchev–Trinajstić information content (AvgIpc) is 3.60. The number of para-hydroxylation sites is 4. The molecule has 0 spiro atoms. The predicted molar refractivity (Wildman–Crippen MR) is 233 cm³/mol. The van der Waals surface area contributed by atoms with Gasteiger partial charge in [0.25, 0.3) is 0 Å². The van der Waals surface area contributed by atoms with Crippen LogP contribution in [0.2, 0.25) is 0 Å². The largest absolute Gasteiger partial charge is 0.310 e. The molecule has 0 unspecified atom stereocenters. The number of hydrogen-bond acceptors (Lipinski definition) is 2. The molecule has 9 aromatic carbocycles. The van der Waals surface area contributed by atoms with Gasteiger partial charge in [-0.1, -0.05) is 146 Å². The summed E-state index contributed by atoms with van der Waals surface area (Å²) < 4.78 is 2.44. The summed E-state index contributed by atoms with van der Waals surface area (Å²) in [6, 6.07) is 80.7. The second-order valence-corrected chi connectivity index (χ2v) is 13.8. The van der Waals surface area contributed by atoms with Crippen molar-refractivity contribution in [1.29, 1.82) is 0 Å². The number of aromatic nitrogens is 1. The van der Waals surface area contributed by atoms with E-state index >= 15 is 0 Å². The van der Waals surface area contributed by atoms with Crippen LogP contribution in [0.25, 0.3) is 49.4 Å². The minimum absolute atomic E-state index is 1.06. The zero-order valence-electron chi connectivity index (χ0n) is 30.2. The van der Waals surface area contributed by atoms with Gasteiger partial charge in [0.15, 0.2) is 0 Å². The second-order valence-electron chi connectivity index (χ2n) is 13.8. The molecule has 0 saturated carbocycles. The van der Waals surface area contributed by atoms with Gasteiger partial charge in [0.05, 0.1) is 22.4 Å². The SMILES string of the molecule is c1ccc(-c2ccc(N(c3ccccc3)c3cc(N(c4ccccc4)c4ccccc4)c4c5ccccc5n(-c5ccc6ccccc6c5)c4c3)cc2)cc1. The van der Waals surface area contributed by atoms with E-state index in [0.717, 1.165) is 50.8 Å². The molecule has 3 heteroatoms. The normalized spacial score (nSPS) is 11.3. The molecule has 1 heterocycles. The maximum atomic E-state index is 2.44. The summed E-state index contributed by atoms with van der Waals surface area (Å²) in [5.41, 5.74) is 12.3. The molecule has 55 heavy (non-hydrogen) atoms. The quantitative estimate of drug-likeness (QED) is 0.156. The Morgan fingerprint density at radius 2 is 0.818 bits per heavy atom. The van der Waals surface area contributed by atoms with Crippen molar-refractivity contribution >= 4 is 66.7 Å². The zero-order chi connectivity index (χ0) is 36.6. The highest BCUT2D eigenvalue weighted by molar-refractivity contribution is 6.18. The molecule has 10 aromatic rings. The molecule has 260 valence electrons. The predicted octanol–water partition coefficient (Wildman–Crippen LogP) is 14.5. The van der Waals surface area contributed by atoms with E-state index in [-0.39, 0.29) is 0 Å². The Balaban J connectivity index is 1.30. The van der Waals surface area contributed by atoms with E-state index in [4.69, 9.17) is 0 Å². The minimum atomic E-state index is 1.06. The van der Waals surface area contributed by atoms with Gasteiger partial charge < -0.3 is 14.4 Å². The zero-order valence-corrected chi connectivity index (χ0v) is 30.2. The van der Waals surface area contributed by atoms with Crippen molar-refractivity contribution in [2.24, 2.45) is 0 Å². The van der Waals surface area contributed by atoms with Crippen LogP contribution in [0, 0.1) is 0 Å². The molecule has 0 amide bonds. The van der Waals surface area contributed by atoms with Crippen molar-refractivity contribution < 1.29 is 0 Å². The Morgan fingerprint density at radius 3 is 1.47 bits per heavy atom.